The largest absolute Gasteiger partial charge is 0.493 e. The van der Waals surface area contributed by atoms with Gasteiger partial charge in [0, 0.05) is 38.6 Å². The first-order valence-corrected chi connectivity index (χ1v) is 13.1. The number of aromatic nitrogens is 2. The first-order chi connectivity index (χ1) is 19.1. The van der Waals surface area contributed by atoms with Crippen molar-refractivity contribution >= 4 is 5.91 Å². The molecule has 39 heavy (non-hydrogen) atoms. The number of carbonyl (C=O) groups excluding carboxylic acids is 1. The number of rotatable bonds is 15. The Labute approximate surface area is 229 Å². The standard InChI is InChI=1S/C31H35FN4O3/c1-38-30-20-25(11-12-29(30)39-23-27-9-5-10-28(32)19-27)13-17-36(21-26-7-3-2-4-8-26)22-31(37)34-14-6-16-35-18-15-33-24-35/h2-5,7-12,15,18-20,24H,6,13-14,16-17,21-23H2,1H3,(H,34,37). The number of carbonyl (C=O) groups is 1. The van der Waals surface area contributed by atoms with Crippen molar-refractivity contribution in [1.29, 1.82) is 0 Å². The van der Waals surface area contributed by atoms with Gasteiger partial charge in [0.1, 0.15) is 12.4 Å². The van der Waals surface area contributed by atoms with Crippen LogP contribution < -0.4 is 14.8 Å². The summed E-state index contributed by atoms with van der Waals surface area (Å²) < 4.78 is 26.9. The lowest BCUT2D eigenvalue weighted by atomic mass is 10.1. The van der Waals surface area contributed by atoms with Crippen molar-refractivity contribution < 1.29 is 18.7 Å². The minimum Gasteiger partial charge on any atom is -0.493 e. The van der Waals surface area contributed by atoms with Gasteiger partial charge >= 0.3 is 0 Å². The van der Waals surface area contributed by atoms with E-state index in [4.69, 9.17) is 9.47 Å². The van der Waals surface area contributed by atoms with E-state index in [-0.39, 0.29) is 18.3 Å². The molecular weight excluding hydrogens is 495 g/mol. The molecule has 0 unspecified atom stereocenters. The number of halogens is 1. The maximum absolute atomic E-state index is 13.5. The van der Waals surface area contributed by atoms with Gasteiger partial charge in [-0.1, -0.05) is 48.5 Å². The van der Waals surface area contributed by atoms with Crippen molar-refractivity contribution in [2.75, 3.05) is 26.7 Å². The molecule has 1 amide bonds. The molecule has 1 N–H and O–H groups in total. The lowest BCUT2D eigenvalue weighted by Gasteiger charge is -2.22. The van der Waals surface area contributed by atoms with Crippen molar-refractivity contribution in [3.05, 3.63) is 114 Å². The topological polar surface area (TPSA) is 68.6 Å². The zero-order valence-corrected chi connectivity index (χ0v) is 22.3. The van der Waals surface area contributed by atoms with Crippen molar-refractivity contribution in [2.45, 2.75) is 32.5 Å². The predicted molar refractivity (Wildman–Crippen MR) is 149 cm³/mol. The highest BCUT2D eigenvalue weighted by atomic mass is 19.1. The molecule has 0 fully saturated rings. The van der Waals surface area contributed by atoms with Crippen LogP contribution in [0.4, 0.5) is 4.39 Å². The summed E-state index contributed by atoms with van der Waals surface area (Å²) in [5.74, 6) is 0.938. The van der Waals surface area contributed by atoms with Crippen LogP contribution in [0.2, 0.25) is 0 Å². The van der Waals surface area contributed by atoms with Crippen LogP contribution in [0.1, 0.15) is 23.1 Å². The van der Waals surface area contributed by atoms with Crippen molar-refractivity contribution in [2.24, 2.45) is 0 Å². The van der Waals surface area contributed by atoms with Gasteiger partial charge in [0.15, 0.2) is 11.5 Å². The van der Waals surface area contributed by atoms with Crippen molar-refractivity contribution in [3.8, 4) is 11.5 Å². The molecule has 7 nitrogen and oxygen atoms in total. The van der Waals surface area contributed by atoms with Crippen LogP contribution in [0.25, 0.3) is 0 Å². The van der Waals surface area contributed by atoms with Gasteiger partial charge in [-0.05, 0) is 53.8 Å². The van der Waals surface area contributed by atoms with Gasteiger partial charge in [0.25, 0.3) is 0 Å². The normalized spacial score (nSPS) is 10.9. The molecule has 0 saturated heterocycles. The Morgan fingerprint density at radius 2 is 1.85 bits per heavy atom. The van der Waals surface area contributed by atoms with Gasteiger partial charge in [-0.2, -0.15) is 0 Å². The maximum Gasteiger partial charge on any atom is 0.234 e. The molecule has 8 heteroatoms. The SMILES string of the molecule is COc1cc(CCN(CC(=O)NCCCn2ccnc2)Cc2ccccc2)ccc1OCc1cccc(F)c1. The van der Waals surface area contributed by atoms with Crippen molar-refractivity contribution in [1.82, 2.24) is 19.8 Å². The number of aryl methyl sites for hydroxylation is 1. The fourth-order valence-electron chi connectivity index (χ4n) is 4.28. The van der Waals surface area contributed by atoms with Crippen LogP contribution >= 0.6 is 0 Å². The fourth-order valence-corrected chi connectivity index (χ4v) is 4.28. The number of hydrogen-bond donors (Lipinski definition) is 1. The predicted octanol–water partition coefficient (Wildman–Crippen LogP) is 4.86. The number of nitrogens with zero attached hydrogens (tertiary/aromatic N) is 3. The van der Waals surface area contributed by atoms with Crippen LogP contribution in [0.5, 0.6) is 11.5 Å². The van der Waals surface area contributed by atoms with Gasteiger partial charge in [-0.3, -0.25) is 9.69 Å². The Bertz CT molecular complexity index is 1300. The molecule has 0 bridgehead atoms. The number of hydrogen-bond acceptors (Lipinski definition) is 5. The summed E-state index contributed by atoms with van der Waals surface area (Å²) in [4.78, 5) is 18.9. The molecule has 4 rings (SSSR count). The molecule has 1 aromatic heterocycles. The number of imidazole rings is 1. The van der Waals surface area contributed by atoms with E-state index in [9.17, 15) is 9.18 Å². The second kappa shape index (κ2) is 14.7. The summed E-state index contributed by atoms with van der Waals surface area (Å²) in [6.07, 6.45) is 7.03. The molecule has 3 aromatic carbocycles. The van der Waals surface area contributed by atoms with Crippen LogP contribution in [0.15, 0.2) is 91.5 Å². The second-order valence-corrected chi connectivity index (χ2v) is 9.35. The molecule has 4 aromatic rings. The summed E-state index contributed by atoms with van der Waals surface area (Å²) in [6, 6.07) is 22.3. The van der Waals surface area contributed by atoms with Crippen LogP contribution in [0, 0.1) is 5.82 Å². The molecule has 0 radical (unpaired) electrons. The number of amides is 1. The van der Waals surface area contributed by atoms with Crippen molar-refractivity contribution in [3.63, 3.8) is 0 Å². The van der Waals surface area contributed by atoms with Gasteiger partial charge < -0.3 is 19.4 Å². The summed E-state index contributed by atoms with van der Waals surface area (Å²) in [5.41, 5.74) is 2.98. The zero-order valence-electron chi connectivity index (χ0n) is 22.3. The number of ether oxygens (including phenoxy) is 2. The molecule has 0 aliphatic rings. The van der Waals surface area contributed by atoms with Crippen LogP contribution in [0.3, 0.4) is 0 Å². The number of benzene rings is 3. The smallest absolute Gasteiger partial charge is 0.234 e. The first-order valence-electron chi connectivity index (χ1n) is 13.1. The molecular formula is C31H35FN4O3. The monoisotopic (exact) mass is 530 g/mol. The summed E-state index contributed by atoms with van der Waals surface area (Å²) in [5, 5.41) is 3.04. The minimum absolute atomic E-state index is 0.00948. The summed E-state index contributed by atoms with van der Waals surface area (Å²) >= 11 is 0. The Morgan fingerprint density at radius 3 is 2.62 bits per heavy atom. The second-order valence-electron chi connectivity index (χ2n) is 9.35. The van der Waals surface area contributed by atoms with E-state index in [0.29, 0.717) is 37.7 Å². The highest BCUT2D eigenvalue weighted by molar-refractivity contribution is 5.78. The van der Waals surface area contributed by atoms with E-state index in [1.807, 2.05) is 53.2 Å². The van der Waals surface area contributed by atoms with E-state index in [2.05, 4.69) is 27.3 Å². The highest BCUT2D eigenvalue weighted by Crippen LogP contribution is 2.29. The quantitative estimate of drug-likeness (QED) is 0.222. The van der Waals surface area contributed by atoms with E-state index < -0.39 is 0 Å². The average Bonchev–Trinajstić information content (AvgIpc) is 3.47. The Balaban J connectivity index is 1.32. The van der Waals surface area contributed by atoms with E-state index in [1.54, 1.807) is 25.7 Å². The van der Waals surface area contributed by atoms with E-state index in [1.165, 1.54) is 12.1 Å². The average molecular weight is 531 g/mol. The fraction of sp³-hybridized carbons (Fsp3) is 0.290. The molecule has 204 valence electrons. The lowest BCUT2D eigenvalue weighted by Crippen LogP contribution is -2.38. The molecule has 0 atom stereocenters. The minimum atomic E-state index is -0.290. The van der Waals surface area contributed by atoms with Crippen LogP contribution in [-0.4, -0.2) is 47.1 Å². The van der Waals surface area contributed by atoms with Gasteiger partial charge in [-0.15, -0.1) is 0 Å². The maximum atomic E-state index is 13.5. The first kappa shape index (κ1) is 27.9. The molecule has 1 heterocycles. The molecule has 0 spiro atoms. The molecule has 0 aliphatic heterocycles. The van der Waals surface area contributed by atoms with E-state index in [0.717, 1.165) is 36.1 Å². The third-order valence-electron chi connectivity index (χ3n) is 6.32. The third-order valence-corrected chi connectivity index (χ3v) is 6.32. The lowest BCUT2D eigenvalue weighted by molar-refractivity contribution is -0.122. The number of methoxy groups -OCH3 is 1. The Kier molecular flexibility index (Phi) is 10.5. The molecule has 0 saturated carbocycles. The number of nitrogens with one attached hydrogen (secondary N) is 1. The molecule has 0 aliphatic carbocycles. The summed E-state index contributed by atoms with van der Waals surface area (Å²) in [6.45, 7) is 3.36. The Hall–Kier alpha value is -4.17. The van der Waals surface area contributed by atoms with Crippen LogP contribution in [-0.2, 0) is 30.9 Å². The zero-order chi connectivity index (χ0) is 27.3. The highest BCUT2D eigenvalue weighted by Gasteiger charge is 2.13. The van der Waals surface area contributed by atoms with Gasteiger partial charge in [0.05, 0.1) is 20.0 Å². The Morgan fingerprint density at radius 1 is 1.00 bits per heavy atom. The van der Waals surface area contributed by atoms with Gasteiger partial charge in [-0.25, -0.2) is 9.37 Å². The van der Waals surface area contributed by atoms with Gasteiger partial charge in [0.2, 0.25) is 5.91 Å². The third kappa shape index (κ3) is 9.26. The van der Waals surface area contributed by atoms with E-state index >= 15 is 0 Å². The summed E-state index contributed by atoms with van der Waals surface area (Å²) in [7, 11) is 1.60.